The number of rotatable bonds is 11. The largest absolute Gasteiger partial charge is 0.382 e. The van der Waals surface area contributed by atoms with Crippen molar-refractivity contribution in [3.63, 3.8) is 0 Å². The zero-order chi connectivity index (χ0) is 19.5. The highest BCUT2D eigenvalue weighted by atomic mass is 32.2. The van der Waals surface area contributed by atoms with Gasteiger partial charge in [0.25, 0.3) is 0 Å². The highest BCUT2D eigenvalue weighted by Gasteiger charge is 2.21. The monoisotopic (exact) mass is 396 g/mol. The molecule has 0 aliphatic heterocycles. The summed E-state index contributed by atoms with van der Waals surface area (Å²) in [6, 6.07) is 6.88. The van der Waals surface area contributed by atoms with E-state index in [9.17, 15) is 13.2 Å². The van der Waals surface area contributed by atoms with Crippen molar-refractivity contribution < 1.29 is 17.9 Å². The molecule has 6 nitrogen and oxygen atoms in total. The molecule has 7 heteroatoms. The quantitative estimate of drug-likeness (QED) is 0.563. The van der Waals surface area contributed by atoms with E-state index in [1.54, 1.807) is 24.3 Å². The Bertz CT molecular complexity index is 668. The molecule has 1 aliphatic rings. The van der Waals surface area contributed by atoms with Crippen LogP contribution in [0.15, 0.2) is 29.2 Å². The SMILES string of the molecule is CCOCCCNC(=O)CCc1ccc(S(=O)(=O)NC2CCCCC2)cc1. The van der Waals surface area contributed by atoms with Crippen LogP contribution in [-0.2, 0) is 26.0 Å². The third kappa shape index (κ3) is 7.99. The van der Waals surface area contributed by atoms with E-state index >= 15 is 0 Å². The Balaban J connectivity index is 1.76. The summed E-state index contributed by atoms with van der Waals surface area (Å²) in [6.45, 7) is 3.90. The third-order valence-corrected chi connectivity index (χ3v) is 6.33. The van der Waals surface area contributed by atoms with E-state index < -0.39 is 10.0 Å². The van der Waals surface area contributed by atoms with Gasteiger partial charge < -0.3 is 10.1 Å². The van der Waals surface area contributed by atoms with Crippen LogP contribution in [0.2, 0.25) is 0 Å². The van der Waals surface area contributed by atoms with Gasteiger partial charge in [0.2, 0.25) is 15.9 Å². The van der Waals surface area contributed by atoms with E-state index in [0.717, 1.165) is 37.7 Å². The minimum atomic E-state index is -3.47. The molecule has 0 saturated heterocycles. The van der Waals surface area contributed by atoms with Gasteiger partial charge in [-0.1, -0.05) is 31.4 Å². The number of benzene rings is 1. The second-order valence-corrected chi connectivity index (χ2v) is 8.71. The van der Waals surface area contributed by atoms with Crippen LogP contribution in [-0.4, -0.2) is 40.1 Å². The molecule has 0 bridgehead atoms. The average Bonchev–Trinajstić information content (AvgIpc) is 2.67. The van der Waals surface area contributed by atoms with E-state index in [0.29, 0.717) is 32.6 Å². The molecule has 1 aliphatic carbocycles. The first-order valence-electron chi connectivity index (χ1n) is 9.97. The summed E-state index contributed by atoms with van der Waals surface area (Å²) in [5.74, 6) is 0.00200. The number of carbonyl (C=O) groups is 1. The van der Waals surface area contributed by atoms with Crippen molar-refractivity contribution in [1.82, 2.24) is 10.0 Å². The number of aryl methyl sites for hydroxylation is 1. The van der Waals surface area contributed by atoms with Gasteiger partial charge in [0.1, 0.15) is 0 Å². The standard InChI is InChI=1S/C20H32N2O4S/c1-2-26-16-6-15-21-20(23)14-11-17-9-12-19(13-10-17)27(24,25)22-18-7-4-3-5-8-18/h9-10,12-13,18,22H,2-8,11,14-16H2,1H3,(H,21,23). The second kappa shape index (κ2) is 11.4. The van der Waals surface area contributed by atoms with Crippen LogP contribution in [0.1, 0.15) is 57.4 Å². The molecule has 1 aromatic rings. The fraction of sp³-hybridized carbons (Fsp3) is 0.650. The summed E-state index contributed by atoms with van der Waals surface area (Å²) in [6.07, 6.45) is 6.97. The van der Waals surface area contributed by atoms with Crippen LogP contribution >= 0.6 is 0 Å². The molecule has 0 unspecified atom stereocenters. The number of nitrogens with one attached hydrogen (secondary N) is 2. The molecule has 1 aromatic carbocycles. The molecule has 0 radical (unpaired) electrons. The molecule has 1 saturated carbocycles. The van der Waals surface area contributed by atoms with Crippen LogP contribution in [0.4, 0.5) is 0 Å². The predicted molar refractivity (Wildman–Crippen MR) is 106 cm³/mol. The van der Waals surface area contributed by atoms with Crippen LogP contribution in [0, 0.1) is 0 Å². The summed E-state index contributed by atoms with van der Waals surface area (Å²) in [5, 5.41) is 2.87. The van der Waals surface area contributed by atoms with Crippen LogP contribution < -0.4 is 10.0 Å². The van der Waals surface area contributed by atoms with Gasteiger partial charge >= 0.3 is 0 Å². The lowest BCUT2D eigenvalue weighted by Crippen LogP contribution is -2.36. The van der Waals surface area contributed by atoms with Gasteiger partial charge in [-0.2, -0.15) is 0 Å². The Hall–Kier alpha value is -1.44. The maximum absolute atomic E-state index is 12.5. The fourth-order valence-electron chi connectivity index (χ4n) is 3.24. The van der Waals surface area contributed by atoms with Crippen molar-refractivity contribution in [2.75, 3.05) is 19.8 Å². The van der Waals surface area contributed by atoms with Gasteiger partial charge in [-0.05, 0) is 50.3 Å². The van der Waals surface area contributed by atoms with Gasteiger partial charge in [0.05, 0.1) is 4.90 Å². The topological polar surface area (TPSA) is 84.5 Å². The van der Waals surface area contributed by atoms with E-state index in [1.807, 2.05) is 6.92 Å². The number of hydrogen-bond donors (Lipinski definition) is 2. The van der Waals surface area contributed by atoms with E-state index in [-0.39, 0.29) is 16.8 Å². The Morgan fingerprint density at radius 1 is 1.15 bits per heavy atom. The summed E-state index contributed by atoms with van der Waals surface area (Å²) in [4.78, 5) is 12.1. The second-order valence-electron chi connectivity index (χ2n) is 7.00. The minimum Gasteiger partial charge on any atom is -0.382 e. The highest BCUT2D eigenvalue weighted by Crippen LogP contribution is 2.20. The summed E-state index contributed by atoms with van der Waals surface area (Å²) >= 11 is 0. The van der Waals surface area contributed by atoms with E-state index in [4.69, 9.17) is 4.74 Å². The average molecular weight is 397 g/mol. The molecule has 152 valence electrons. The highest BCUT2D eigenvalue weighted by molar-refractivity contribution is 7.89. The fourth-order valence-corrected chi connectivity index (χ4v) is 4.54. The Morgan fingerprint density at radius 2 is 1.85 bits per heavy atom. The predicted octanol–water partition coefficient (Wildman–Crippen LogP) is 2.77. The number of sulfonamides is 1. The molecule has 27 heavy (non-hydrogen) atoms. The van der Waals surface area contributed by atoms with Crippen molar-refractivity contribution in [2.24, 2.45) is 0 Å². The van der Waals surface area contributed by atoms with Gasteiger partial charge in [-0.15, -0.1) is 0 Å². The molecule has 0 atom stereocenters. The molecule has 0 spiro atoms. The lowest BCUT2D eigenvalue weighted by Gasteiger charge is -2.22. The molecule has 2 N–H and O–H groups in total. The van der Waals surface area contributed by atoms with E-state index in [1.165, 1.54) is 6.42 Å². The van der Waals surface area contributed by atoms with Crippen molar-refractivity contribution in [3.05, 3.63) is 29.8 Å². The van der Waals surface area contributed by atoms with Crippen molar-refractivity contribution in [1.29, 1.82) is 0 Å². The third-order valence-electron chi connectivity index (χ3n) is 4.79. The van der Waals surface area contributed by atoms with Gasteiger partial charge in [-0.3, -0.25) is 4.79 Å². The Kier molecular flexibility index (Phi) is 9.24. The first-order valence-corrected chi connectivity index (χ1v) is 11.5. The maximum atomic E-state index is 12.5. The summed E-state index contributed by atoms with van der Waals surface area (Å²) in [7, 11) is -3.47. The number of hydrogen-bond acceptors (Lipinski definition) is 4. The Labute approximate surface area is 163 Å². The number of amides is 1. The summed E-state index contributed by atoms with van der Waals surface area (Å²) in [5.41, 5.74) is 0.955. The van der Waals surface area contributed by atoms with Crippen molar-refractivity contribution in [2.45, 2.75) is 69.2 Å². The molecule has 0 aromatic heterocycles. The smallest absolute Gasteiger partial charge is 0.240 e. The zero-order valence-corrected chi connectivity index (χ0v) is 17.0. The summed E-state index contributed by atoms with van der Waals surface area (Å²) < 4.78 is 33.0. The minimum absolute atomic E-state index is 0.00200. The van der Waals surface area contributed by atoms with Gasteiger partial charge in [-0.25, -0.2) is 13.1 Å². The van der Waals surface area contributed by atoms with Crippen LogP contribution in [0.3, 0.4) is 0 Å². The molecular formula is C20H32N2O4S. The molecular weight excluding hydrogens is 364 g/mol. The molecule has 1 fully saturated rings. The first kappa shape index (κ1) is 21.9. The Morgan fingerprint density at radius 3 is 2.52 bits per heavy atom. The maximum Gasteiger partial charge on any atom is 0.240 e. The molecule has 2 rings (SSSR count). The van der Waals surface area contributed by atoms with Gasteiger partial charge in [0, 0.05) is 32.2 Å². The lowest BCUT2D eigenvalue weighted by atomic mass is 9.96. The molecule has 1 amide bonds. The number of carbonyl (C=O) groups excluding carboxylic acids is 1. The van der Waals surface area contributed by atoms with Gasteiger partial charge in [0.15, 0.2) is 0 Å². The first-order chi connectivity index (χ1) is 13.0. The molecule has 0 heterocycles. The lowest BCUT2D eigenvalue weighted by molar-refractivity contribution is -0.121. The van der Waals surface area contributed by atoms with E-state index in [2.05, 4.69) is 10.0 Å². The zero-order valence-electron chi connectivity index (χ0n) is 16.2. The van der Waals surface area contributed by atoms with Crippen molar-refractivity contribution in [3.8, 4) is 0 Å². The van der Waals surface area contributed by atoms with Crippen LogP contribution in [0.5, 0.6) is 0 Å². The van der Waals surface area contributed by atoms with Crippen molar-refractivity contribution >= 4 is 15.9 Å². The van der Waals surface area contributed by atoms with Crippen LogP contribution in [0.25, 0.3) is 0 Å². The normalized spacial score (nSPS) is 15.6. The number of ether oxygens (including phenoxy) is 1.